The number of hydrogen-bond donors (Lipinski definition) is 1. The van der Waals surface area contributed by atoms with Gasteiger partial charge in [-0.15, -0.1) is 23.1 Å². The van der Waals surface area contributed by atoms with Crippen molar-refractivity contribution in [2.24, 2.45) is 0 Å². The quantitative estimate of drug-likeness (QED) is 0.275. The lowest BCUT2D eigenvalue weighted by Gasteiger charge is -2.31. The lowest BCUT2D eigenvalue weighted by Crippen LogP contribution is -2.40. The van der Waals surface area contributed by atoms with Crippen LogP contribution in [0.3, 0.4) is 0 Å². The number of aromatic nitrogens is 1. The van der Waals surface area contributed by atoms with Crippen LogP contribution in [-0.4, -0.2) is 47.1 Å². The first-order chi connectivity index (χ1) is 17.9. The summed E-state index contributed by atoms with van der Waals surface area (Å²) in [6.07, 6.45) is 2.07. The van der Waals surface area contributed by atoms with Gasteiger partial charge in [-0.3, -0.25) is 9.59 Å². The molecule has 192 valence electrons. The van der Waals surface area contributed by atoms with Crippen LogP contribution in [0.15, 0.2) is 52.7 Å². The van der Waals surface area contributed by atoms with Crippen molar-refractivity contribution in [3.05, 3.63) is 69.7 Å². The van der Waals surface area contributed by atoms with Gasteiger partial charge in [0.1, 0.15) is 11.4 Å². The number of nitriles is 1. The van der Waals surface area contributed by atoms with Crippen LogP contribution in [0, 0.1) is 25.2 Å². The maximum absolute atomic E-state index is 12.9. The molecule has 1 aliphatic rings. The highest BCUT2D eigenvalue weighted by atomic mass is 32.2. The van der Waals surface area contributed by atoms with Crippen molar-refractivity contribution in [2.75, 3.05) is 30.8 Å². The minimum absolute atomic E-state index is 0.0119. The Kier molecular flexibility index (Phi) is 9.20. The Bertz CT molecular complexity index is 1290. The third-order valence-electron chi connectivity index (χ3n) is 6.40. The Hall–Kier alpha value is -3.35. The topological polar surface area (TPSA) is 95.3 Å². The second kappa shape index (κ2) is 12.7. The molecule has 2 heterocycles. The van der Waals surface area contributed by atoms with E-state index in [0.29, 0.717) is 36.7 Å². The molecule has 37 heavy (non-hydrogen) atoms. The number of thiazole rings is 1. The van der Waals surface area contributed by atoms with E-state index in [-0.39, 0.29) is 24.3 Å². The van der Waals surface area contributed by atoms with Gasteiger partial charge in [0.25, 0.3) is 11.8 Å². The molecule has 0 saturated carbocycles. The average Bonchev–Trinajstić information content (AvgIpc) is 3.41. The number of carbonyl (C=O) groups excluding carboxylic acids is 2. The maximum Gasteiger partial charge on any atom is 0.275 e. The third kappa shape index (κ3) is 7.12. The fourth-order valence-electron chi connectivity index (χ4n) is 4.08. The summed E-state index contributed by atoms with van der Waals surface area (Å²) in [4.78, 5) is 32.9. The van der Waals surface area contributed by atoms with Crippen LogP contribution in [0.2, 0.25) is 0 Å². The fourth-order valence-corrected chi connectivity index (χ4v) is 5.92. The van der Waals surface area contributed by atoms with Crippen molar-refractivity contribution in [3.8, 4) is 11.8 Å². The normalized spacial score (nSPS) is 13.7. The molecular formula is C28H30N4O3S2. The standard InChI is InChI=1S/C28H30N4O3S2/c1-19-8-9-22(16-20(19)2)35-17-26(33)32-13-10-21(11-14-32)28-31-24(18-37-28)27(34)30-23-6-3-4-7-25(23)36-15-5-12-29/h3-4,6-9,16,18,21H,5,10-11,13-15,17H2,1-2H3,(H,30,34). The van der Waals surface area contributed by atoms with Gasteiger partial charge < -0.3 is 15.0 Å². The molecule has 0 spiro atoms. The first-order valence-corrected chi connectivity index (χ1v) is 14.1. The van der Waals surface area contributed by atoms with Gasteiger partial charge in [-0.25, -0.2) is 4.98 Å². The zero-order valence-corrected chi connectivity index (χ0v) is 22.7. The van der Waals surface area contributed by atoms with Crippen LogP contribution in [0.25, 0.3) is 0 Å². The summed E-state index contributed by atoms with van der Waals surface area (Å²) in [5.41, 5.74) is 3.46. The summed E-state index contributed by atoms with van der Waals surface area (Å²) in [5.74, 6) is 1.35. The number of nitrogens with zero attached hydrogens (tertiary/aromatic N) is 3. The van der Waals surface area contributed by atoms with Gasteiger partial charge in [-0.05, 0) is 62.1 Å². The first-order valence-electron chi connectivity index (χ1n) is 12.3. The molecule has 0 unspecified atom stereocenters. The number of piperidine rings is 1. The molecule has 1 N–H and O–H groups in total. The third-order valence-corrected chi connectivity index (χ3v) is 8.48. The Balaban J connectivity index is 1.28. The van der Waals surface area contributed by atoms with Gasteiger partial charge in [0.2, 0.25) is 0 Å². The van der Waals surface area contributed by atoms with E-state index in [2.05, 4.69) is 16.4 Å². The largest absolute Gasteiger partial charge is 0.484 e. The van der Waals surface area contributed by atoms with E-state index in [4.69, 9.17) is 10.00 Å². The van der Waals surface area contributed by atoms with Gasteiger partial charge in [0.05, 0.1) is 16.8 Å². The molecule has 3 aromatic rings. The molecule has 0 aliphatic carbocycles. The molecule has 2 aromatic carbocycles. The van der Waals surface area contributed by atoms with Crippen molar-refractivity contribution in [1.82, 2.24) is 9.88 Å². The SMILES string of the molecule is Cc1ccc(OCC(=O)N2CCC(c3nc(C(=O)Nc4ccccc4SCCC#N)cs3)CC2)cc1C. The van der Waals surface area contributed by atoms with Crippen molar-refractivity contribution < 1.29 is 14.3 Å². The molecule has 2 amide bonds. The lowest BCUT2D eigenvalue weighted by molar-refractivity contribution is -0.134. The average molecular weight is 535 g/mol. The predicted octanol–water partition coefficient (Wildman–Crippen LogP) is 5.80. The number of thioether (sulfide) groups is 1. The van der Waals surface area contributed by atoms with E-state index < -0.39 is 0 Å². The number of hydrogen-bond acceptors (Lipinski definition) is 7. The molecule has 7 nitrogen and oxygen atoms in total. The summed E-state index contributed by atoms with van der Waals surface area (Å²) >= 11 is 3.04. The first kappa shape index (κ1) is 26.7. The van der Waals surface area contributed by atoms with Crippen LogP contribution in [0.5, 0.6) is 5.75 Å². The van der Waals surface area contributed by atoms with Crippen LogP contribution in [-0.2, 0) is 4.79 Å². The van der Waals surface area contributed by atoms with E-state index in [1.807, 2.05) is 61.2 Å². The number of amides is 2. The molecule has 1 saturated heterocycles. The summed E-state index contributed by atoms with van der Waals surface area (Å²) in [6.45, 7) is 5.40. The number of rotatable bonds is 9. The van der Waals surface area contributed by atoms with Gasteiger partial charge in [-0.2, -0.15) is 5.26 Å². The van der Waals surface area contributed by atoms with Gasteiger partial charge in [0.15, 0.2) is 6.61 Å². The fraction of sp³-hybridized carbons (Fsp3) is 0.357. The lowest BCUT2D eigenvalue weighted by atomic mass is 9.97. The highest BCUT2D eigenvalue weighted by Crippen LogP contribution is 2.32. The van der Waals surface area contributed by atoms with Crippen molar-refractivity contribution >= 4 is 40.6 Å². The maximum atomic E-state index is 12.9. The Morgan fingerprint density at radius 3 is 2.73 bits per heavy atom. The second-order valence-electron chi connectivity index (χ2n) is 8.97. The Morgan fingerprint density at radius 2 is 1.97 bits per heavy atom. The van der Waals surface area contributed by atoms with E-state index in [9.17, 15) is 9.59 Å². The van der Waals surface area contributed by atoms with E-state index in [1.165, 1.54) is 16.9 Å². The van der Waals surface area contributed by atoms with Crippen LogP contribution in [0.1, 0.15) is 51.8 Å². The highest BCUT2D eigenvalue weighted by molar-refractivity contribution is 7.99. The molecule has 9 heteroatoms. The monoisotopic (exact) mass is 534 g/mol. The zero-order chi connectivity index (χ0) is 26.2. The molecular weight excluding hydrogens is 504 g/mol. The van der Waals surface area contributed by atoms with Crippen LogP contribution < -0.4 is 10.1 Å². The van der Waals surface area contributed by atoms with Crippen molar-refractivity contribution in [1.29, 1.82) is 5.26 Å². The van der Waals surface area contributed by atoms with Crippen molar-refractivity contribution in [2.45, 2.75) is 43.9 Å². The smallest absolute Gasteiger partial charge is 0.275 e. The summed E-state index contributed by atoms with van der Waals surface area (Å²) in [5, 5.41) is 14.5. The summed E-state index contributed by atoms with van der Waals surface area (Å²) in [6, 6.07) is 15.6. The second-order valence-corrected chi connectivity index (χ2v) is 11.0. The van der Waals surface area contributed by atoms with Gasteiger partial charge in [-0.1, -0.05) is 18.2 Å². The van der Waals surface area contributed by atoms with Crippen molar-refractivity contribution in [3.63, 3.8) is 0 Å². The number of para-hydroxylation sites is 1. The molecule has 1 aromatic heterocycles. The minimum atomic E-state index is -0.244. The molecule has 0 atom stereocenters. The number of likely N-dealkylation sites (tertiary alicyclic amines) is 1. The Morgan fingerprint density at radius 1 is 1.19 bits per heavy atom. The molecule has 0 bridgehead atoms. The van der Waals surface area contributed by atoms with E-state index in [1.54, 1.807) is 17.1 Å². The van der Waals surface area contributed by atoms with Gasteiger partial charge in [0, 0.05) is 41.5 Å². The number of aryl methyl sites for hydroxylation is 2. The number of benzene rings is 2. The highest BCUT2D eigenvalue weighted by Gasteiger charge is 2.26. The van der Waals surface area contributed by atoms with Gasteiger partial charge >= 0.3 is 0 Å². The number of anilines is 1. The molecule has 1 fully saturated rings. The predicted molar refractivity (Wildman–Crippen MR) is 147 cm³/mol. The molecule has 4 rings (SSSR count). The zero-order valence-electron chi connectivity index (χ0n) is 21.0. The number of ether oxygens (including phenoxy) is 1. The van der Waals surface area contributed by atoms with Crippen LogP contribution >= 0.6 is 23.1 Å². The van der Waals surface area contributed by atoms with E-state index in [0.717, 1.165) is 34.0 Å². The molecule has 1 aliphatic heterocycles. The summed E-state index contributed by atoms with van der Waals surface area (Å²) < 4.78 is 5.72. The number of carbonyl (C=O) groups is 2. The van der Waals surface area contributed by atoms with E-state index >= 15 is 0 Å². The van der Waals surface area contributed by atoms with Crippen LogP contribution in [0.4, 0.5) is 5.69 Å². The minimum Gasteiger partial charge on any atom is -0.484 e. The number of nitrogens with one attached hydrogen (secondary N) is 1. The molecule has 0 radical (unpaired) electrons. The Labute approximate surface area is 225 Å². The summed E-state index contributed by atoms with van der Waals surface area (Å²) in [7, 11) is 0.